The number of nitrogens with two attached hydrogens (primary N) is 1. The van der Waals surface area contributed by atoms with E-state index in [1.807, 2.05) is 14.1 Å². The molecule has 5 nitrogen and oxygen atoms in total. The summed E-state index contributed by atoms with van der Waals surface area (Å²) in [7, 11) is 4.01. The molecule has 0 aromatic carbocycles. The van der Waals surface area contributed by atoms with E-state index in [9.17, 15) is 0 Å². The summed E-state index contributed by atoms with van der Waals surface area (Å²) in [5, 5.41) is 6.44. The minimum absolute atomic E-state index is 0.757. The fourth-order valence-corrected chi connectivity index (χ4v) is 1.58. The molecule has 0 aromatic heterocycles. The molecule has 2 aliphatic heterocycles. The van der Waals surface area contributed by atoms with E-state index in [-0.39, 0.29) is 0 Å². The average Bonchev–Trinajstić information content (AvgIpc) is 2.44. The molecule has 2 fully saturated rings. The van der Waals surface area contributed by atoms with E-state index < -0.39 is 0 Å². The molecule has 0 radical (unpaired) electrons. The highest BCUT2D eigenvalue weighted by Gasteiger charge is 1.94. The Bertz CT molecular complexity index is 113. The van der Waals surface area contributed by atoms with Crippen LogP contribution in [0.3, 0.4) is 0 Å². The quantitative estimate of drug-likeness (QED) is 0.646. The van der Waals surface area contributed by atoms with Gasteiger partial charge in [-0.3, -0.25) is 0 Å². The van der Waals surface area contributed by atoms with Crippen LogP contribution in [0.5, 0.6) is 0 Å². The molecule has 2 rings (SSSR count). The molecule has 5 heteroatoms. The monoisotopic (exact) mass is 260 g/mol. The molecule has 0 aromatic rings. The van der Waals surface area contributed by atoms with Crippen LogP contribution in [0.2, 0.25) is 0 Å². The van der Waals surface area contributed by atoms with E-state index >= 15 is 0 Å². The van der Waals surface area contributed by atoms with Crippen molar-refractivity contribution in [3.05, 3.63) is 0 Å². The molecule has 0 amide bonds. The molecule has 110 valence electrons. The third kappa shape index (κ3) is 15.8. The molecule has 0 aliphatic carbocycles. The van der Waals surface area contributed by atoms with Crippen molar-refractivity contribution in [1.82, 2.24) is 15.5 Å². The number of piperidine rings is 1. The highest BCUT2D eigenvalue weighted by atomic mass is 16.5. The highest BCUT2D eigenvalue weighted by Crippen LogP contribution is 1.96. The van der Waals surface area contributed by atoms with Crippen LogP contribution in [0.15, 0.2) is 0 Å². The number of likely N-dealkylation sites (N-methyl/N-ethyl adjacent to an activating group) is 1. The van der Waals surface area contributed by atoms with Gasteiger partial charge in [0.25, 0.3) is 0 Å². The van der Waals surface area contributed by atoms with Gasteiger partial charge in [0.1, 0.15) is 0 Å². The molecule has 0 unspecified atom stereocenters. The van der Waals surface area contributed by atoms with Crippen molar-refractivity contribution in [2.75, 3.05) is 66.6 Å². The second-order valence-electron chi connectivity index (χ2n) is 4.76. The summed E-state index contributed by atoms with van der Waals surface area (Å²) < 4.78 is 5.01. The first kappa shape index (κ1) is 17.8. The van der Waals surface area contributed by atoms with Crippen LogP contribution >= 0.6 is 0 Å². The number of nitrogens with one attached hydrogen (secondary N) is 2. The van der Waals surface area contributed by atoms with E-state index in [1.165, 1.54) is 32.4 Å². The normalized spacial score (nSPS) is 19.3. The van der Waals surface area contributed by atoms with Crippen molar-refractivity contribution >= 4 is 0 Å². The molecule has 2 aliphatic rings. The molecule has 4 N–H and O–H groups in total. The average molecular weight is 260 g/mol. The molecule has 0 spiro atoms. The zero-order valence-electron chi connectivity index (χ0n) is 12.2. The maximum absolute atomic E-state index is 5.19. The lowest BCUT2D eigenvalue weighted by Crippen LogP contribution is -2.30. The van der Waals surface area contributed by atoms with Crippen LogP contribution in [0.1, 0.15) is 19.3 Å². The van der Waals surface area contributed by atoms with Crippen LogP contribution in [-0.4, -0.2) is 71.5 Å². The van der Waals surface area contributed by atoms with Gasteiger partial charge >= 0.3 is 0 Å². The summed E-state index contributed by atoms with van der Waals surface area (Å²) in [6, 6.07) is 0. The molecule has 18 heavy (non-hydrogen) atoms. The molecular formula is C13H32N4O. The van der Waals surface area contributed by atoms with Crippen molar-refractivity contribution in [3.8, 4) is 0 Å². The summed E-state index contributed by atoms with van der Waals surface area (Å²) in [5.74, 6) is 0. The first-order chi connectivity index (χ1) is 8.77. The Balaban J connectivity index is 0.000000241. The van der Waals surface area contributed by atoms with Gasteiger partial charge in [0, 0.05) is 26.2 Å². The first-order valence-corrected chi connectivity index (χ1v) is 7.11. The molecule has 0 saturated carbocycles. The van der Waals surface area contributed by atoms with Crippen LogP contribution in [0.4, 0.5) is 0 Å². The second kappa shape index (κ2) is 14.9. The van der Waals surface area contributed by atoms with Gasteiger partial charge in [-0.2, -0.15) is 0 Å². The maximum atomic E-state index is 5.19. The van der Waals surface area contributed by atoms with Gasteiger partial charge in [-0.05, 0) is 40.0 Å². The third-order valence-corrected chi connectivity index (χ3v) is 2.63. The van der Waals surface area contributed by atoms with Gasteiger partial charge in [-0.15, -0.1) is 0 Å². The SMILES string of the molecule is C1CCNCC1.C1COCCN1.CN(C)CCN. The largest absolute Gasteiger partial charge is 0.379 e. The Morgan fingerprint density at radius 2 is 1.50 bits per heavy atom. The molecular weight excluding hydrogens is 228 g/mol. The Morgan fingerprint density at radius 1 is 0.944 bits per heavy atom. The molecule has 2 saturated heterocycles. The summed E-state index contributed by atoms with van der Waals surface area (Å²) in [5.41, 5.74) is 5.19. The van der Waals surface area contributed by atoms with Crippen molar-refractivity contribution in [2.24, 2.45) is 5.73 Å². The zero-order valence-corrected chi connectivity index (χ0v) is 12.2. The number of nitrogens with zero attached hydrogens (tertiary/aromatic N) is 1. The lowest BCUT2D eigenvalue weighted by molar-refractivity contribution is 0.109. The molecule has 0 atom stereocenters. The van der Waals surface area contributed by atoms with Gasteiger partial charge in [0.05, 0.1) is 13.2 Å². The Kier molecular flexibility index (Phi) is 14.7. The zero-order chi connectivity index (χ0) is 13.5. The Morgan fingerprint density at radius 3 is 1.61 bits per heavy atom. The number of rotatable bonds is 2. The standard InChI is InChI=1S/C5H11N.C4H12N2.C4H9NO/c1-2-4-6-5-3-1;1-6(2)4-3-5;1-3-6-4-2-5-1/h6H,1-5H2;3-5H2,1-2H3;5H,1-4H2. The number of hydrogen-bond donors (Lipinski definition) is 3. The second-order valence-corrected chi connectivity index (χ2v) is 4.76. The fraction of sp³-hybridized carbons (Fsp3) is 1.00. The summed E-state index contributed by atoms with van der Waals surface area (Å²) in [6.45, 7) is 8.08. The van der Waals surface area contributed by atoms with Crippen molar-refractivity contribution in [3.63, 3.8) is 0 Å². The lowest BCUT2D eigenvalue weighted by Gasteiger charge is -2.10. The van der Waals surface area contributed by atoms with Gasteiger partial charge in [-0.1, -0.05) is 6.42 Å². The van der Waals surface area contributed by atoms with Crippen molar-refractivity contribution in [1.29, 1.82) is 0 Å². The van der Waals surface area contributed by atoms with Crippen LogP contribution in [0, 0.1) is 0 Å². The van der Waals surface area contributed by atoms with Crippen molar-refractivity contribution < 1.29 is 4.74 Å². The van der Waals surface area contributed by atoms with E-state index in [1.54, 1.807) is 0 Å². The summed E-state index contributed by atoms with van der Waals surface area (Å²) >= 11 is 0. The minimum Gasteiger partial charge on any atom is -0.379 e. The smallest absolute Gasteiger partial charge is 0.0591 e. The highest BCUT2D eigenvalue weighted by molar-refractivity contribution is 4.55. The predicted octanol–water partition coefficient (Wildman–Crippen LogP) is -0.127. The Labute approximate surface area is 112 Å². The number of hydrogen-bond acceptors (Lipinski definition) is 5. The van der Waals surface area contributed by atoms with Gasteiger partial charge in [-0.25, -0.2) is 0 Å². The van der Waals surface area contributed by atoms with Gasteiger partial charge in [0.15, 0.2) is 0 Å². The van der Waals surface area contributed by atoms with E-state index in [4.69, 9.17) is 10.5 Å². The van der Waals surface area contributed by atoms with Gasteiger partial charge in [0.2, 0.25) is 0 Å². The predicted molar refractivity (Wildman–Crippen MR) is 78.0 cm³/mol. The number of ether oxygens (including phenoxy) is 1. The van der Waals surface area contributed by atoms with Crippen LogP contribution in [-0.2, 0) is 4.74 Å². The maximum Gasteiger partial charge on any atom is 0.0591 e. The minimum atomic E-state index is 0.757. The van der Waals surface area contributed by atoms with Crippen LogP contribution in [0.25, 0.3) is 0 Å². The van der Waals surface area contributed by atoms with E-state index in [0.29, 0.717) is 0 Å². The topological polar surface area (TPSA) is 62.5 Å². The van der Waals surface area contributed by atoms with Gasteiger partial charge < -0.3 is 26.0 Å². The summed E-state index contributed by atoms with van der Waals surface area (Å²) in [4.78, 5) is 2.06. The van der Waals surface area contributed by atoms with Crippen LogP contribution < -0.4 is 16.4 Å². The van der Waals surface area contributed by atoms with E-state index in [2.05, 4.69) is 15.5 Å². The lowest BCUT2D eigenvalue weighted by atomic mass is 10.2. The molecule has 0 bridgehead atoms. The fourth-order valence-electron chi connectivity index (χ4n) is 1.58. The third-order valence-electron chi connectivity index (χ3n) is 2.63. The van der Waals surface area contributed by atoms with E-state index in [0.717, 1.165) is 39.4 Å². The number of morpholine rings is 1. The van der Waals surface area contributed by atoms with Crippen molar-refractivity contribution in [2.45, 2.75) is 19.3 Å². The summed E-state index contributed by atoms with van der Waals surface area (Å²) in [6.07, 6.45) is 4.22. The molecule has 2 heterocycles. The Hall–Kier alpha value is -0.200. The first-order valence-electron chi connectivity index (χ1n) is 7.11.